The summed E-state index contributed by atoms with van der Waals surface area (Å²) in [5, 5.41) is 14.1. The molecule has 0 radical (unpaired) electrons. The Morgan fingerprint density at radius 1 is 1.28 bits per heavy atom. The quantitative estimate of drug-likeness (QED) is 0.598. The summed E-state index contributed by atoms with van der Waals surface area (Å²) < 4.78 is 0. The summed E-state index contributed by atoms with van der Waals surface area (Å²) in [7, 11) is 0. The van der Waals surface area contributed by atoms with Gasteiger partial charge in [-0.25, -0.2) is 4.79 Å². The summed E-state index contributed by atoms with van der Waals surface area (Å²) in [6.45, 7) is 2.95. The molecule has 18 heavy (non-hydrogen) atoms. The summed E-state index contributed by atoms with van der Waals surface area (Å²) in [4.78, 5) is 34.7. The minimum Gasteiger partial charge on any atom is -0.481 e. The highest BCUT2D eigenvalue weighted by atomic mass is 16.4. The van der Waals surface area contributed by atoms with Crippen molar-refractivity contribution in [2.75, 3.05) is 26.2 Å². The van der Waals surface area contributed by atoms with Gasteiger partial charge in [-0.05, 0) is 12.8 Å². The second kappa shape index (κ2) is 6.83. The fraction of sp³-hybridized carbons (Fsp3) is 0.727. The molecule has 0 aliphatic carbocycles. The van der Waals surface area contributed by atoms with Gasteiger partial charge >= 0.3 is 12.0 Å². The Morgan fingerprint density at radius 2 is 1.94 bits per heavy atom. The zero-order valence-corrected chi connectivity index (χ0v) is 10.4. The van der Waals surface area contributed by atoms with Crippen LogP contribution in [0.1, 0.15) is 19.8 Å². The number of urea groups is 1. The van der Waals surface area contributed by atoms with Crippen molar-refractivity contribution in [3.63, 3.8) is 0 Å². The van der Waals surface area contributed by atoms with E-state index in [1.807, 2.05) is 0 Å². The molecule has 0 unspecified atom stereocenters. The molecule has 0 aromatic rings. The number of aliphatic carboxylic acids is 1. The molecule has 0 saturated carbocycles. The van der Waals surface area contributed by atoms with Crippen molar-refractivity contribution in [1.82, 2.24) is 15.5 Å². The molecule has 1 aliphatic heterocycles. The molecular formula is C11H19N3O4. The number of likely N-dealkylation sites (tertiary alicyclic amines) is 1. The second-order valence-electron chi connectivity index (χ2n) is 4.34. The van der Waals surface area contributed by atoms with Crippen molar-refractivity contribution in [2.24, 2.45) is 5.92 Å². The summed E-state index contributed by atoms with van der Waals surface area (Å²) >= 11 is 0. The number of nitrogens with zero attached hydrogens (tertiary/aromatic N) is 1. The standard InChI is InChI=1S/C11H19N3O4/c1-8(15)12-4-5-13-11(18)14-6-2-3-9(7-14)10(16)17/h9H,2-7H2,1H3,(H,12,15)(H,13,18)(H,16,17)/t9-/m0/s1. The zero-order valence-electron chi connectivity index (χ0n) is 10.4. The number of rotatable bonds is 4. The molecule has 1 atom stereocenters. The van der Waals surface area contributed by atoms with Gasteiger partial charge in [0, 0.05) is 33.1 Å². The molecule has 0 aromatic heterocycles. The highest BCUT2D eigenvalue weighted by Gasteiger charge is 2.27. The zero-order chi connectivity index (χ0) is 13.5. The van der Waals surface area contributed by atoms with Crippen molar-refractivity contribution >= 4 is 17.9 Å². The van der Waals surface area contributed by atoms with E-state index in [-0.39, 0.29) is 18.5 Å². The molecule has 3 amide bonds. The van der Waals surface area contributed by atoms with Crippen LogP contribution in [0.15, 0.2) is 0 Å². The first-order valence-corrected chi connectivity index (χ1v) is 6.00. The van der Waals surface area contributed by atoms with Gasteiger partial charge in [0.15, 0.2) is 0 Å². The number of carbonyl (C=O) groups excluding carboxylic acids is 2. The number of hydrogen-bond acceptors (Lipinski definition) is 3. The van der Waals surface area contributed by atoms with Crippen molar-refractivity contribution in [1.29, 1.82) is 0 Å². The molecule has 0 aromatic carbocycles. The lowest BCUT2D eigenvalue weighted by Crippen LogP contribution is -2.48. The van der Waals surface area contributed by atoms with E-state index in [1.54, 1.807) is 0 Å². The van der Waals surface area contributed by atoms with Gasteiger partial charge in [0.2, 0.25) is 5.91 Å². The molecule has 1 rings (SSSR count). The monoisotopic (exact) mass is 257 g/mol. The van der Waals surface area contributed by atoms with Crippen LogP contribution < -0.4 is 10.6 Å². The lowest BCUT2D eigenvalue weighted by molar-refractivity contribution is -0.143. The highest BCUT2D eigenvalue weighted by Crippen LogP contribution is 2.16. The lowest BCUT2D eigenvalue weighted by Gasteiger charge is -2.30. The fourth-order valence-electron chi connectivity index (χ4n) is 1.88. The van der Waals surface area contributed by atoms with E-state index in [0.717, 1.165) is 0 Å². The number of hydrogen-bond donors (Lipinski definition) is 3. The van der Waals surface area contributed by atoms with Crippen molar-refractivity contribution in [3.05, 3.63) is 0 Å². The SMILES string of the molecule is CC(=O)NCCNC(=O)N1CCC[C@H](C(=O)O)C1. The largest absolute Gasteiger partial charge is 0.481 e. The molecule has 7 nitrogen and oxygen atoms in total. The Balaban J connectivity index is 2.28. The van der Waals surface area contributed by atoms with Crippen LogP contribution in [-0.2, 0) is 9.59 Å². The van der Waals surface area contributed by atoms with Crippen LogP contribution in [0.5, 0.6) is 0 Å². The van der Waals surface area contributed by atoms with Gasteiger partial charge in [0.1, 0.15) is 0 Å². The van der Waals surface area contributed by atoms with E-state index in [4.69, 9.17) is 5.11 Å². The van der Waals surface area contributed by atoms with Crippen LogP contribution in [0.3, 0.4) is 0 Å². The molecule has 1 aliphatic rings. The number of amides is 3. The predicted octanol–water partition coefficient (Wildman–Crippen LogP) is -0.371. The van der Waals surface area contributed by atoms with Crippen LogP contribution in [0.25, 0.3) is 0 Å². The number of carboxylic acid groups (broad SMARTS) is 1. The fourth-order valence-corrected chi connectivity index (χ4v) is 1.88. The van der Waals surface area contributed by atoms with Crippen molar-refractivity contribution in [3.8, 4) is 0 Å². The maximum absolute atomic E-state index is 11.7. The van der Waals surface area contributed by atoms with E-state index in [9.17, 15) is 14.4 Å². The summed E-state index contributed by atoms with van der Waals surface area (Å²) in [6, 6.07) is -0.272. The van der Waals surface area contributed by atoms with Crippen molar-refractivity contribution < 1.29 is 19.5 Å². The second-order valence-corrected chi connectivity index (χ2v) is 4.34. The van der Waals surface area contributed by atoms with E-state index in [2.05, 4.69) is 10.6 Å². The van der Waals surface area contributed by atoms with Gasteiger partial charge in [-0.15, -0.1) is 0 Å². The third kappa shape index (κ3) is 4.60. The Morgan fingerprint density at radius 3 is 2.56 bits per heavy atom. The summed E-state index contributed by atoms with van der Waals surface area (Å²) in [5.41, 5.74) is 0. The smallest absolute Gasteiger partial charge is 0.317 e. The molecule has 3 N–H and O–H groups in total. The van der Waals surface area contributed by atoms with Crippen LogP contribution in [0.2, 0.25) is 0 Å². The first-order chi connectivity index (χ1) is 8.50. The molecule has 102 valence electrons. The number of carboxylic acids is 1. The molecule has 7 heteroatoms. The Kier molecular flexibility index (Phi) is 5.41. The number of piperidine rings is 1. The van der Waals surface area contributed by atoms with Crippen LogP contribution >= 0.6 is 0 Å². The maximum Gasteiger partial charge on any atom is 0.317 e. The molecule has 1 heterocycles. The van der Waals surface area contributed by atoms with Crippen LogP contribution in [-0.4, -0.2) is 54.1 Å². The number of nitrogens with one attached hydrogen (secondary N) is 2. The van der Waals surface area contributed by atoms with E-state index < -0.39 is 11.9 Å². The van der Waals surface area contributed by atoms with E-state index >= 15 is 0 Å². The van der Waals surface area contributed by atoms with Crippen LogP contribution in [0, 0.1) is 5.92 Å². The lowest BCUT2D eigenvalue weighted by atomic mass is 9.99. The normalized spacial score (nSPS) is 19.2. The van der Waals surface area contributed by atoms with E-state index in [0.29, 0.717) is 32.5 Å². The van der Waals surface area contributed by atoms with Gasteiger partial charge in [-0.2, -0.15) is 0 Å². The summed E-state index contributed by atoms with van der Waals surface area (Å²) in [5.74, 6) is -1.47. The predicted molar refractivity (Wildman–Crippen MR) is 64.0 cm³/mol. The molecule has 0 spiro atoms. The summed E-state index contributed by atoms with van der Waals surface area (Å²) in [6.07, 6.45) is 1.32. The first kappa shape index (κ1) is 14.3. The molecule has 0 bridgehead atoms. The Bertz CT molecular complexity index is 332. The molecule has 1 fully saturated rings. The average Bonchev–Trinajstić information content (AvgIpc) is 2.34. The molecular weight excluding hydrogens is 238 g/mol. The Hall–Kier alpha value is -1.79. The van der Waals surface area contributed by atoms with E-state index in [1.165, 1.54) is 11.8 Å². The molecule has 1 saturated heterocycles. The van der Waals surface area contributed by atoms with Crippen molar-refractivity contribution in [2.45, 2.75) is 19.8 Å². The average molecular weight is 257 g/mol. The minimum atomic E-state index is -0.856. The number of carbonyl (C=O) groups is 3. The Labute approximate surface area is 106 Å². The first-order valence-electron chi connectivity index (χ1n) is 6.00. The third-order valence-electron chi connectivity index (χ3n) is 2.83. The van der Waals surface area contributed by atoms with Gasteiger partial charge in [0.25, 0.3) is 0 Å². The van der Waals surface area contributed by atoms with Gasteiger partial charge in [-0.1, -0.05) is 0 Å². The van der Waals surface area contributed by atoms with Gasteiger partial charge < -0.3 is 20.6 Å². The topological polar surface area (TPSA) is 98.7 Å². The minimum absolute atomic E-state index is 0.145. The third-order valence-corrected chi connectivity index (χ3v) is 2.83. The van der Waals surface area contributed by atoms with Gasteiger partial charge in [0.05, 0.1) is 5.92 Å². The highest BCUT2D eigenvalue weighted by molar-refractivity contribution is 5.76. The van der Waals surface area contributed by atoms with Crippen LogP contribution in [0.4, 0.5) is 4.79 Å². The van der Waals surface area contributed by atoms with Gasteiger partial charge in [-0.3, -0.25) is 9.59 Å². The maximum atomic E-state index is 11.7.